The molecule has 0 aromatic carbocycles. The molecule has 2 unspecified atom stereocenters. The molecular weight excluding hydrogens is 308 g/mol. The molecule has 2 atom stereocenters. The van der Waals surface area contributed by atoms with Gasteiger partial charge in [0.15, 0.2) is 11.5 Å². The third-order valence-electron chi connectivity index (χ3n) is 3.79. The highest BCUT2D eigenvalue weighted by atomic mass is 16.1. The first-order valence-electron chi connectivity index (χ1n) is 7.71. The molecule has 2 rings (SSSR count). The van der Waals surface area contributed by atoms with E-state index in [4.69, 9.17) is 22.6 Å². The fraction of sp³-hybridized carbons (Fsp3) is 0.400. The second kappa shape index (κ2) is 8.16. The lowest BCUT2D eigenvalue weighted by Gasteiger charge is -2.29. The van der Waals surface area contributed by atoms with Crippen molar-refractivity contribution in [3.8, 4) is 0 Å². The highest BCUT2D eigenvalue weighted by Gasteiger charge is 2.22. The van der Waals surface area contributed by atoms with Gasteiger partial charge >= 0.3 is 0 Å². The van der Waals surface area contributed by atoms with Gasteiger partial charge in [0.05, 0.1) is 11.9 Å². The van der Waals surface area contributed by atoms with Crippen molar-refractivity contribution in [1.82, 2.24) is 9.97 Å². The standard InChI is InChI=1S/C15H22N8O/c16-6-5-9(7-17)21-15-13(14(19)24)20-8-12(23-15)22-11-4-2-1-3-10(11)18/h5-8,10-11,17H,1-4,16,18H2,(H2,19,24)(H,22,23)/b6-5-,17-7?,21-9?. The van der Waals surface area contributed by atoms with Gasteiger partial charge in [-0.15, -0.1) is 0 Å². The number of amides is 1. The molecular formula is C15H22N8O. The summed E-state index contributed by atoms with van der Waals surface area (Å²) < 4.78 is 0. The number of nitrogens with two attached hydrogens (primary N) is 3. The Morgan fingerprint density at radius 1 is 1.42 bits per heavy atom. The zero-order valence-corrected chi connectivity index (χ0v) is 13.3. The molecule has 1 heterocycles. The van der Waals surface area contributed by atoms with Crippen molar-refractivity contribution in [1.29, 1.82) is 5.41 Å². The van der Waals surface area contributed by atoms with E-state index in [9.17, 15) is 4.79 Å². The Bertz CT molecular complexity index is 669. The van der Waals surface area contributed by atoms with Gasteiger partial charge in [-0.2, -0.15) is 0 Å². The molecule has 1 fully saturated rings. The molecule has 9 heteroatoms. The van der Waals surface area contributed by atoms with E-state index in [2.05, 4.69) is 20.3 Å². The molecule has 0 spiro atoms. The number of carbonyl (C=O) groups is 1. The monoisotopic (exact) mass is 330 g/mol. The van der Waals surface area contributed by atoms with Crippen molar-refractivity contribution in [2.45, 2.75) is 37.8 Å². The van der Waals surface area contributed by atoms with Crippen molar-refractivity contribution in [3.63, 3.8) is 0 Å². The number of hydrogen-bond donors (Lipinski definition) is 5. The van der Waals surface area contributed by atoms with Crippen molar-refractivity contribution in [2.24, 2.45) is 22.2 Å². The normalized spacial score (nSPS) is 21.6. The van der Waals surface area contributed by atoms with Crippen LogP contribution in [0, 0.1) is 5.41 Å². The molecule has 1 aliphatic rings. The topological polar surface area (TPSA) is 169 Å². The number of carbonyl (C=O) groups excluding carboxylic acids is 1. The molecule has 1 saturated carbocycles. The summed E-state index contributed by atoms with van der Waals surface area (Å²) in [7, 11) is 0. The van der Waals surface area contributed by atoms with Crippen molar-refractivity contribution < 1.29 is 4.79 Å². The Kier molecular flexibility index (Phi) is 5.96. The van der Waals surface area contributed by atoms with Crippen LogP contribution in [0.3, 0.4) is 0 Å². The molecule has 0 aliphatic heterocycles. The van der Waals surface area contributed by atoms with Gasteiger partial charge in [-0.1, -0.05) is 12.8 Å². The summed E-state index contributed by atoms with van der Waals surface area (Å²) in [4.78, 5) is 24.0. The zero-order valence-electron chi connectivity index (χ0n) is 13.3. The molecule has 0 bridgehead atoms. The van der Waals surface area contributed by atoms with E-state index in [1.165, 1.54) is 18.5 Å². The molecule has 0 saturated heterocycles. The first-order valence-corrected chi connectivity index (χ1v) is 7.71. The molecule has 1 amide bonds. The van der Waals surface area contributed by atoms with Gasteiger partial charge < -0.3 is 27.9 Å². The van der Waals surface area contributed by atoms with Crippen LogP contribution in [0.25, 0.3) is 0 Å². The van der Waals surface area contributed by atoms with Gasteiger partial charge in [0, 0.05) is 18.3 Å². The van der Waals surface area contributed by atoms with Crippen molar-refractivity contribution >= 4 is 29.5 Å². The number of primary amides is 1. The van der Waals surface area contributed by atoms with Crippen LogP contribution in [0.4, 0.5) is 11.6 Å². The number of allylic oxidation sites excluding steroid dienone is 1. The van der Waals surface area contributed by atoms with Gasteiger partial charge in [-0.05, 0) is 25.1 Å². The van der Waals surface area contributed by atoms with Crippen LogP contribution in [-0.2, 0) is 0 Å². The summed E-state index contributed by atoms with van der Waals surface area (Å²) in [6.45, 7) is 0. The minimum absolute atomic E-state index is 0.0356. The average Bonchev–Trinajstić information content (AvgIpc) is 2.56. The summed E-state index contributed by atoms with van der Waals surface area (Å²) >= 11 is 0. The van der Waals surface area contributed by atoms with E-state index in [0.717, 1.165) is 31.9 Å². The fourth-order valence-corrected chi connectivity index (χ4v) is 2.57. The molecule has 1 aromatic heterocycles. The van der Waals surface area contributed by atoms with Gasteiger partial charge in [0.1, 0.15) is 5.82 Å². The number of nitrogens with zero attached hydrogens (tertiary/aromatic N) is 3. The van der Waals surface area contributed by atoms with Crippen LogP contribution < -0.4 is 22.5 Å². The zero-order chi connectivity index (χ0) is 17.5. The highest BCUT2D eigenvalue weighted by molar-refractivity contribution is 6.35. The number of nitrogens with one attached hydrogen (secondary N) is 2. The van der Waals surface area contributed by atoms with E-state index in [0.29, 0.717) is 5.82 Å². The number of aromatic nitrogens is 2. The van der Waals surface area contributed by atoms with Gasteiger partial charge in [-0.25, -0.2) is 15.0 Å². The summed E-state index contributed by atoms with van der Waals surface area (Å²) in [5, 5.41) is 10.6. The van der Waals surface area contributed by atoms with Gasteiger partial charge in [-0.3, -0.25) is 4.79 Å². The smallest absolute Gasteiger partial charge is 0.271 e. The van der Waals surface area contributed by atoms with Crippen LogP contribution in [-0.4, -0.2) is 39.9 Å². The lowest BCUT2D eigenvalue weighted by molar-refractivity contribution is 0.0996. The number of rotatable bonds is 6. The molecule has 128 valence electrons. The molecule has 24 heavy (non-hydrogen) atoms. The van der Waals surface area contributed by atoms with Crippen LogP contribution >= 0.6 is 0 Å². The maximum absolute atomic E-state index is 11.5. The Morgan fingerprint density at radius 2 is 2.17 bits per heavy atom. The van der Waals surface area contributed by atoms with E-state index in [-0.39, 0.29) is 29.3 Å². The predicted molar refractivity (Wildman–Crippen MR) is 93.6 cm³/mol. The molecule has 9 nitrogen and oxygen atoms in total. The Labute approximate surface area is 140 Å². The van der Waals surface area contributed by atoms with Gasteiger partial charge in [0.2, 0.25) is 0 Å². The first-order chi connectivity index (χ1) is 11.5. The fourth-order valence-electron chi connectivity index (χ4n) is 2.57. The summed E-state index contributed by atoms with van der Waals surface area (Å²) in [5.74, 6) is -0.251. The maximum Gasteiger partial charge on any atom is 0.271 e. The van der Waals surface area contributed by atoms with Crippen LogP contribution in [0.1, 0.15) is 36.2 Å². The average molecular weight is 330 g/mol. The van der Waals surface area contributed by atoms with Gasteiger partial charge in [0.25, 0.3) is 5.91 Å². The van der Waals surface area contributed by atoms with Crippen LogP contribution in [0.5, 0.6) is 0 Å². The van der Waals surface area contributed by atoms with Crippen molar-refractivity contribution in [2.75, 3.05) is 5.32 Å². The lowest BCUT2D eigenvalue weighted by Crippen LogP contribution is -2.42. The maximum atomic E-state index is 11.5. The van der Waals surface area contributed by atoms with E-state index < -0.39 is 5.91 Å². The van der Waals surface area contributed by atoms with Crippen LogP contribution in [0.2, 0.25) is 0 Å². The lowest BCUT2D eigenvalue weighted by atomic mass is 9.91. The molecule has 1 aliphatic carbocycles. The number of anilines is 1. The van der Waals surface area contributed by atoms with E-state index >= 15 is 0 Å². The molecule has 0 radical (unpaired) electrons. The predicted octanol–water partition coefficient (Wildman–Crippen LogP) is 0.452. The molecule has 1 aromatic rings. The number of hydrogen-bond acceptors (Lipinski definition) is 8. The summed E-state index contributed by atoms with van der Waals surface area (Å²) in [6.07, 6.45) is 9.20. The third kappa shape index (κ3) is 4.35. The first kappa shape index (κ1) is 17.5. The minimum Gasteiger partial charge on any atom is -0.405 e. The number of aliphatic imine (C=N–C) groups is 1. The third-order valence-corrected chi connectivity index (χ3v) is 3.79. The largest absolute Gasteiger partial charge is 0.405 e. The Hall–Kier alpha value is -2.81. The second-order valence-electron chi connectivity index (χ2n) is 5.53. The quantitative estimate of drug-likeness (QED) is 0.474. The van der Waals surface area contributed by atoms with E-state index in [1.807, 2.05) is 0 Å². The summed E-state index contributed by atoms with van der Waals surface area (Å²) in [6, 6.07) is 0.135. The SMILES string of the molecule is N=CC(/C=C\N)=Nc1nc(NC2CCCCC2N)cnc1C(N)=O. The van der Waals surface area contributed by atoms with Crippen LogP contribution in [0.15, 0.2) is 23.5 Å². The van der Waals surface area contributed by atoms with Crippen molar-refractivity contribution in [3.05, 3.63) is 24.2 Å². The summed E-state index contributed by atoms with van der Waals surface area (Å²) in [5.41, 5.74) is 16.9. The molecule has 8 N–H and O–H groups in total. The Morgan fingerprint density at radius 3 is 2.79 bits per heavy atom. The second-order valence-corrected chi connectivity index (χ2v) is 5.53. The highest BCUT2D eigenvalue weighted by Crippen LogP contribution is 2.22. The Balaban J connectivity index is 2.33. The van der Waals surface area contributed by atoms with E-state index in [1.54, 1.807) is 0 Å². The minimum atomic E-state index is -0.747.